The number of hydrogen-bond donors (Lipinski definition) is 1. The summed E-state index contributed by atoms with van der Waals surface area (Å²) < 4.78 is 2.34. The highest BCUT2D eigenvalue weighted by Gasteiger charge is 2.19. The topological polar surface area (TPSA) is 17.0 Å². The molecule has 0 aliphatic heterocycles. The van der Waals surface area contributed by atoms with Gasteiger partial charge in [-0.05, 0) is 33.9 Å². The molecule has 0 spiro atoms. The Hall–Kier alpha value is -4.04. The third-order valence-electron chi connectivity index (χ3n) is 6.32. The number of aromatic nitrogens is 1. The van der Waals surface area contributed by atoms with Crippen LogP contribution in [0.15, 0.2) is 97.6 Å². The van der Waals surface area contributed by atoms with E-state index in [4.69, 9.17) is 0 Å². The molecule has 0 atom stereocenters. The molecule has 148 valence electrons. The van der Waals surface area contributed by atoms with Gasteiger partial charge in [0.05, 0.1) is 16.7 Å². The van der Waals surface area contributed by atoms with Crippen molar-refractivity contribution in [2.24, 2.45) is 7.05 Å². The lowest BCUT2D eigenvalue weighted by molar-refractivity contribution is 1.02. The van der Waals surface area contributed by atoms with E-state index in [1.165, 1.54) is 43.4 Å². The molecule has 0 radical (unpaired) electrons. The van der Waals surface area contributed by atoms with Gasteiger partial charge in [-0.1, -0.05) is 91.5 Å². The van der Waals surface area contributed by atoms with E-state index in [2.05, 4.69) is 108 Å². The van der Waals surface area contributed by atoms with Crippen molar-refractivity contribution in [2.45, 2.75) is 0 Å². The molecule has 0 unspecified atom stereocenters. The number of anilines is 2. The van der Waals surface area contributed by atoms with E-state index in [9.17, 15) is 0 Å². The van der Waals surface area contributed by atoms with E-state index >= 15 is 0 Å². The van der Waals surface area contributed by atoms with Crippen molar-refractivity contribution in [1.82, 2.24) is 4.57 Å². The summed E-state index contributed by atoms with van der Waals surface area (Å²) in [5.41, 5.74) is 5.71. The molecule has 31 heavy (non-hydrogen) atoms. The van der Waals surface area contributed by atoms with Gasteiger partial charge >= 0.3 is 0 Å². The number of nitrogens with one attached hydrogen (secondary N) is 1. The molecular weight excluding hydrogens is 376 g/mol. The summed E-state index contributed by atoms with van der Waals surface area (Å²) in [4.78, 5) is 0. The average molecular weight is 399 g/mol. The van der Waals surface area contributed by atoms with Crippen LogP contribution in [0.2, 0.25) is 0 Å². The third kappa shape index (κ3) is 2.52. The van der Waals surface area contributed by atoms with Crippen LogP contribution in [-0.4, -0.2) is 4.57 Å². The molecule has 2 heteroatoms. The highest BCUT2D eigenvalue weighted by molar-refractivity contribution is 6.32. The number of benzene rings is 5. The minimum Gasteiger partial charge on any atom is -0.353 e. The Kier molecular flexibility index (Phi) is 3.87. The maximum absolute atomic E-state index is 4.07. The average Bonchev–Trinajstić information content (AvgIpc) is 3.13. The number of hydrogen-bond acceptors (Lipinski definition) is 1. The fraction of sp³-hybridized carbons (Fsp3) is 0.0345. The molecule has 6 aromatic rings. The minimum atomic E-state index is 1.07. The van der Waals surface area contributed by atoms with Crippen molar-refractivity contribution < 1.29 is 0 Å². The number of nitrogens with zero attached hydrogens (tertiary/aromatic N) is 1. The summed E-state index contributed by atoms with van der Waals surface area (Å²) in [6.45, 7) is 4.07. The number of aryl methyl sites for hydroxylation is 1. The molecule has 0 bridgehead atoms. The van der Waals surface area contributed by atoms with Gasteiger partial charge < -0.3 is 9.88 Å². The van der Waals surface area contributed by atoms with Crippen LogP contribution in [0, 0.1) is 0 Å². The number of fused-ring (bicyclic) bond motifs is 8. The SMILES string of the molecule is C=Cc1ccc2c3c4ccccc4c4ccccc4c3n(C)c2c1Nc1ccccc1. The lowest BCUT2D eigenvalue weighted by Gasteiger charge is -2.13. The minimum absolute atomic E-state index is 1.07. The monoisotopic (exact) mass is 398 g/mol. The highest BCUT2D eigenvalue weighted by atomic mass is 15.0. The molecule has 1 heterocycles. The Bertz CT molecular complexity index is 1620. The van der Waals surface area contributed by atoms with Gasteiger partial charge in [0.25, 0.3) is 0 Å². The van der Waals surface area contributed by atoms with E-state index in [-0.39, 0.29) is 0 Å². The Morgan fingerprint density at radius 3 is 1.97 bits per heavy atom. The second-order valence-electron chi connectivity index (χ2n) is 7.99. The molecule has 0 saturated heterocycles. The highest BCUT2D eigenvalue weighted by Crippen LogP contribution is 2.43. The number of para-hydroxylation sites is 1. The largest absolute Gasteiger partial charge is 0.353 e. The molecular formula is C29H22N2. The molecule has 6 rings (SSSR count). The predicted octanol–water partition coefficient (Wildman–Crippen LogP) is 8.02. The fourth-order valence-electron chi connectivity index (χ4n) is 4.98. The van der Waals surface area contributed by atoms with Crippen LogP contribution in [-0.2, 0) is 7.05 Å². The predicted molar refractivity (Wildman–Crippen MR) is 135 cm³/mol. The molecule has 0 aliphatic rings. The Labute approximate surface area is 181 Å². The third-order valence-corrected chi connectivity index (χ3v) is 6.32. The van der Waals surface area contributed by atoms with Crippen molar-refractivity contribution >= 4 is 60.8 Å². The second kappa shape index (κ2) is 6.75. The molecule has 1 N–H and O–H groups in total. The fourth-order valence-corrected chi connectivity index (χ4v) is 4.98. The van der Waals surface area contributed by atoms with Crippen LogP contribution in [0.5, 0.6) is 0 Å². The van der Waals surface area contributed by atoms with Crippen LogP contribution in [0.25, 0.3) is 49.4 Å². The first-order valence-electron chi connectivity index (χ1n) is 10.6. The van der Waals surface area contributed by atoms with Gasteiger partial charge in [-0.15, -0.1) is 0 Å². The maximum atomic E-state index is 4.07. The summed E-state index contributed by atoms with van der Waals surface area (Å²) in [6.07, 6.45) is 1.93. The first kappa shape index (κ1) is 17.8. The standard InChI is InChI=1S/C29H22N2/c1-3-19-17-18-25-26-23-15-9-7-13-21(23)22-14-8-10-16-24(22)28(26)31(2)29(25)27(19)30-20-11-5-4-6-12-20/h3-18,30H,1H2,2H3. The van der Waals surface area contributed by atoms with Crippen molar-refractivity contribution in [3.05, 3.63) is 103 Å². The summed E-state index contributed by atoms with van der Waals surface area (Å²) in [6, 6.07) is 32.2. The van der Waals surface area contributed by atoms with E-state index in [0.29, 0.717) is 0 Å². The van der Waals surface area contributed by atoms with Gasteiger partial charge in [-0.25, -0.2) is 0 Å². The van der Waals surface area contributed by atoms with Crippen molar-refractivity contribution in [3.8, 4) is 0 Å². The van der Waals surface area contributed by atoms with Gasteiger partial charge in [-0.3, -0.25) is 0 Å². The van der Waals surface area contributed by atoms with Gasteiger partial charge in [0.1, 0.15) is 0 Å². The van der Waals surface area contributed by atoms with E-state index in [1.807, 2.05) is 12.1 Å². The molecule has 2 nitrogen and oxygen atoms in total. The Balaban J connectivity index is 1.84. The van der Waals surface area contributed by atoms with Crippen LogP contribution < -0.4 is 5.32 Å². The van der Waals surface area contributed by atoms with Crippen LogP contribution in [0.3, 0.4) is 0 Å². The maximum Gasteiger partial charge on any atom is 0.0734 e. The van der Waals surface area contributed by atoms with Crippen molar-refractivity contribution in [2.75, 3.05) is 5.32 Å². The van der Waals surface area contributed by atoms with Gasteiger partial charge in [0, 0.05) is 28.9 Å². The van der Waals surface area contributed by atoms with E-state index in [0.717, 1.165) is 16.9 Å². The van der Waals surface area contributed by atoms with Gasteiger partial charge in [0.15, 0.2) is 0 Å². The molecule has 5 aromatic carbocycles. The Morgan fingerprint density at radius 1 is 0.645 bits per heavy atom. The quantitative estimate of drug-likeness (QED) is 0.299. The lowest BCUT2D eigenvalue weighted by atomic mass is 9.96. The molecule has 0 fully saturated rings. The zero-order valence-electron chi connectivity index (χ0n) is 17.4. The lowest BCUT2D eigenvalue weighted by Crippen LogP contribution is -1.98. The van der Waals surface area contributed by atoms with Crippen LogP contribution >= 0.6 is 0 Å². The van der Waals surface area contributed by atoms with Crippen molar-refractivity contribution in [1.29, 1.82) is 0 Å². The first-order chi connectivity index (χ1) is 15.3. The van der Waals surface area contributed by atoms with Gasteiger partial charge in [-0.2, -0.15) is 0 Å². The van der Waals surface area contributed by atoms with E-state index < -0.39 is 0 Å². The molecule has 0 amide bonds. The summed E-state index contributed by atoms with van der Waals surface area (Å²) >= 11 is 0. The second-order valence-corrected chi connectivity index (χ2v) is 7.99. The smallest absolute Gasteiger partial charge is 0.0734 e. The zero-order valence-corrected chi connectivity index (χ0v) is 17.4. The van der Waals surface area contributed by atoms with Gasteiger partial charge in [0.2, 0.25) is 0 Å². The summed E-state index contributed by atoms with van der Waals surface area (Å²) in [7, 11) is 2.18. The zero-order chi connectivity index (χ0) is 20.9. The van der Waals surface area contributed by atoms with Crippen LogP contribution in [0.4, 0.5) is 11.4 Å². The van der Waals surface area contributed by atoms with Crippen molar-refractivity contribution in [3.63, 3.8) is 0 Å². The van der Waals surface area contributed by atoms with Crippen LogP contribution in [0.1, 0.15) is 5.56 Å². The first-order valence-corrected chi connectivity index (χ1v) is 10.6. The normalized spacial score (nSPS) is 11.5. The molecule has 1 aromatic heterocycles. The summed E-state index contributed by atoms with van der Waals surface area (Å²) in [5.74, 6) is 0. The molecule has 0 saturated carbocycles. The molecule has 0 aliphatic carbocycles. The number of rotatable bonds is 3. The summed E-state index contributed by atoms with van der Waals surface area (Å²) in [5, 5.41) is 11.4. The Morgan fingerprint density at radius 2 is 1.26 bits per heavy atom. The van der Waals surface area contributed by atoms with E-state index in [1.54, 1.807) is 0 Å².